The van der Waals surface area contributed by atoms with E-state index in [4.69, 9.17) is 9.63 Å². The van der Waals surface area contributed by atoms with Crippen molar-refractivity contribution in [1.82, 2.24) is 15.5 Å². The van der Waals surface area contributed by atoms with Crippen molar-refractivity contribution in [1.29, 1.82) is 0 Å². The third-order valence-corrected chi connectivity index (χ3v) is 3.20. The smallest absolute Gasteiger partial charge is 0.335 e. The predicted octanol–water partition coefficient (Wildman–Crippen LogP) is 2.20. The Bertz CT molecular complexity index is 680. The molecule has 0 aliphatic heterocycles. The molecule has 2 N–H and O–H groups in total. The molecule has 0 spiro atoms. The molecule has 2 rings (SSSR count). The van der Waals surface area contributed by atoms with Gasteiger partial charge in [0.15, 0.2) is 5.82 Å². The first-order valence-corrected chi connectivity index (χ1v) is 6.80. The molecule has 2 aromatic rings. The molecule has 0 saturated heterocycles. The second-order valence-electron chi connectivity index (χ2n) is 5.38. The standard InChI is InChI=1S/C15H17N3O4/c1-8(2)12(13-16-7-22-18-13)17-14(19)10-4-9(3)5-11(6-10)15(20)21/h4-8,12H,1-3H3,(H,17,19)(H,20,21). The van der Waals surface area contributed by atoms with Crippen LogP contribution >= 0.6 is 0 Å². The number of rotatable bonds is 5. The Morgan fingerprint density at radius 2 is 1.91 bits per heavy atom. The van der Waals surface area contributed by atoms with E-state index in [2.05, 4.69) is 15.5 Å². The Hall–Kier alpha value is -2.70. The van der Waals surface area contributed by atoms with Gasteiger partial charge >= 0.3 is 5.97 Å². The Labute approximate surface area is 127 Å². The Balaban J connectivity index is 2.26. The highest BCUT2D eigenvalue weighted by atomic mass is 16.5. The van der Waals surface area contributed by atoms with Crippen molar-refractivity contribution in [2.45, 2.75) is 26.8 Å². The normalized spacial score (nSPS) is 12.2. The molecule has 1 atom stereocenters. The summed E-state index contributed by atoms with van der Waals surface area (Å²) in [6.07, 6.45) is 1.20. The van der Waals surface area contributed by atoms with Crippen molar-refractivity contribution in [3.8, 4) is 0 Å². The van der Waals surface area contributed by atoms with Crippen LogP contribution in [0, 0.1) is 12.8 Å². The number of aromatic nitrogens is 2. The number of nitrogens with zero attached hydrogens (tertiary/aromatic N) is 2. The van der Waals surface area contributed by atoms with Crippen LogP contribution in [0.1, 0.15) is 52.0 Å². The number of carbonyl (C=O) groups is 2. The van der Waals surface area contributed by atoms with Crippen LogP contribution in [0.2, 0.25) is 0 Å². The number of carboxylic acid groups (broad SMARTS) is 1. The van der Waals surface area contributed by atoms with E-state index in [-0.39, 0.29) is 23.0 Å². The summed E-state index contributed by atoms with van der Waals surface area (Å²) in [6, 6.07) is 4.08. The van der Waals surface area contributed by atoms with Crippen LogP contribution in [0.15, 0.2) is 29.1 Å². The molecular weight excluding hydrogens is 286 g/mol. The molecule has 1 unspecified atom stereocenters. The summed E-state index contributed by atoms with van der Waals surface area (Å²) in [5.41, 5.74) is 1.06. The number of carbonyl (C=O) groups excluding carboxylic acids is 1. The lowest BCUT2D eigenvalue weighted by molar-refractivity contribution is 0.0696. The molecule has 7 nitrogen and oxygen atoms in total. The molecule has 1 heterocycles. The van der Waals surface area contributed by atoms with Gasteiger partial charge in [-0.15, -0.1) is 0 Å². The van der Waals surface area contributed by atoms with E-state index >= 15 is 0 Å². The molecule has 0 bridgehead atoms. The highest BCUT2D eigenvalue weighted by molar-refractivity contribution is 5.98. The lowest BCUT2D eigenvalue weighted by atomic mass is 10.0. The average Bonchev–Trinajstić information content (AvgIpc) is 2.97. The van der Waals surface area contributed by atoms with Gasteiger partial charge in [0.05, 0.1) is 11.6 Å². The predicted molar refractivity (Wildman–Crippen MR) is 77.5 cm³/mol. The summed E-state index contributed by atoms with van der Waals surface area (Å²) in [5.74, 6) is -1.02. The second-order valence-corrected chi connectivity index (χ2v) is 5.38. The highest BCUT2D eigenvalue weighted by Gasteiger charge is 2.23. The number of amides is 1. The van der Waals surface area contributed by atoms with Crippen molar-refractivity contribution in [3.05, 3.63) is 47.1 Å². The monoisotopic (exact) mass is 303 g/mol. The number of nitrogens with one attached hydrogen (secondary N) is 1. The largest absolute Gasteiger partial charge is 0.478 e. The van der Waals surface area contributed by atoms with E-state index in [9.17, 15) is 9.59 Å². The summed E-state index contributed by atoms with van der Waals surface area (Å²) >= 11 is 0. The quantitative estimate of drug-likeness (QED) is 0.877. The summed E-state index contributed by atoms with van der Waals surface area (Å²) in [5, 5.41) is 15.6. The van der Waals surface area contributed by atoms with Crippen molar-refractivity contribution in [3.63, 3.8) is 0 Å². The zero-order chi connectivity index (χ0) is 16.3. The molecule has 116 valence electrons. The van der Waals surface area contributed by atoms with E-state index < -0.39 is 12.0 Å². The number of hydrogen-bond acceptors (Lipinski definition) is 5. The molecule has 22 heavy (non-hydrogen) atoms. The molecule has 7 heteroatoms. The van der Waals surface area contributed by atoms with Crippen LogP contribution in [-0.2, 0) is 0 Å². The maximum Gasteiger partial charge on any atom is 0.335 e. The molecule has 1 amide bonds. The maximum absolute atomic E-state index is 12.4. The minimum Gasteiger partial charge on any atom is -0.478 e. The second kappa shape index (κ2) is 6.38. The van der Waals surface area contributed by atoms with Gasteiger partial charge in [-0.1, -0.05) is 19.0 Å². The summed E-state index contributed by atoms with van der Waals surface area (Å²) in [6.45, 7) is 5.57. The lowest BCUT2D eigenvalue weighted by Crippen LogP contribution is -2.32. The first kappa shape index (κ1) is 15.7. The topological polar surface area (TPSA) is 105 Å². The van der Waals surface area contributed by atoms with Gasteiger partial charge in [0.2, 0.25) is 6.39 Å². The fourth-order valence-corrected chi connectivity index (χ4v) is 2.11. The van der Waals surface area contributed by atoms with Crippen molar-refractivity contribution in [2.24, 2.45) is 5.92 Å². The number of carboxylic acids is 1. The Morgan fingerprint density at radius 1 is 1.23 bits per heavy atom. The van der Waals surface area contributed by atoms with Gasteiger partial charge in [0.1, 0.15) is 0 Å². The first-order valence-electron chi connectivity index (χ1n) is 6.80. The van der Waals surface area contributed by atoms with Crippen LogP contribution in [0.25, 0.3) is 0 Å². The van der Waals surface area contributed by atoms with Gasteiger partial charge in [-0.05, 0) is 36.6 Å². The minimum absolute atomic E-state index is 0.0466. The lowest BCUT2D eigenvalue weighted by Gasteiger charge is -2.19. The van der Waals surface area contributed by atoms with Crippen molar-refractivity contribution in [2.75, 3.05) is 0 Å². The Kier molecular flexibility index (Phi) is 4.55. The number of hydrogen-bond donors (Lipinski definition) is 2. The molecule has 0 aliphatic carbocycles. The van der Waals surface area contributed by atoms with E-state index in [1.54, 1.807) is 13.0 Å². The zero-order valence-electron chi connectivity index (χ0n) is 12.5. The molecule has 0 saturated carbocycles. The SMILES string of the molecule is Cc1cc(C(=O)O)cc(C(=O)NC(c2ncon2)C(C)C)c1. The van der Waals surface area contributed by atoms with E-state index in [0.717, 1.165) is 0 Å². The van der Waals surface area contributed by atoms with Crippen molar-refractivity contribution >= 4 is 11.9 Å². The van der Waals surface area contributed by atoms with Crippen LogP contribution in [-0.4, -0.2) is 27.1 Å². The highest BCUT2D eigenvalue weighted by Crippen LogP contribution is 2.19. The van der Waals surface area contributed by atoms with Gasteiger partial charge in [-0.2, -0.15) is 4.98 Å². The van der Waals surface area contributed by atoms with Gasteiger partial charge in [0.25, 0.3) is 5.91 Å². The third-order valence-electron chi connectivity index (χ3n) is 3.20. The molecule has 1 aromatic carbocycles. The first-order chi connectivity index (χ1) is 10.4. The summed E-state index contributed by atoms with van der Waals surface area (Å²) in [4.78, 5) is 27.4. The van der Waals surface area contributed by atoms with E-state index in [1.807, 2.05) is 13.8 Å². The fraction of sp³-hybridized carbons (Fsp3) is 0.333. The van der Waals surface area contributed by atoms with E-state index in [0.29, 0.717) is 11.4 Å². The number of benzene rings is 1. The zero-order valence-corrected chi connectivity index (χ0v) is 12.5. The van der Waals surface area contributed by atoms with Gasteiger partial charge < -0.3 is 14.9 Å². The average molecular weight is 303 g/mol. The summed E-state index contributed by atoms with van der Waals surface area (Å²) < 4.78 is 4.71. The third kappa shape index (κ3) is 3.49. The number of aromatic carboxylic acids is 1. The minimum atomic E-state index is -1.07. The molecule has 0 aliphatic rings. The van der Waals surface area contributed by atoms with Crippen LogP contribution in [0.5, 0.6) is 0 Å². The molecule has 0 radical (unpaired) electrons. The van der Waals surface area contributed by atoms with Crippen molar-refractivity contribution < 1.29 is 19.2 Å². The molecule has 1 aromatic heterocycles. The van der Waals surface area contributed by atoms with Crippen LogP contribution in [0.3, 0.4) is 0 Å². The van der Waals surface area contributed by atoms with Crippen LogP contribution in [0.4, 0.5) is 0 Å². The number of aryl methyl sites for hydroxylation is 1. The van der Waals surface area contributed by atoms with E-state index in [1.165, 1.54) is 18.5 Å². The van der Waals surface area contributed by atoms with Gasteiger partial charge in [-0.3, -0.25) is 4.79 Å². The van der Waals surface area contributed by atoms with Gasteiger partial charge in [0, 0.05) is 5.56 Å². The Morgan fingerprint density at radius 3 is 2.45 bits per heavy atom. The summed E-state index contributed by atoms with van der Waals surface area (Å²) in [7, 11) is 0. The van der Waals surface area contributed by atoms with Gasteiger partial charge in [-0.25, -0.2) is 4.79 Å². The fourth-order valence-electron chi connectivity index (χ4n) is 2.11. The van der Waals surface area contributed by atoms with Crippen LogP contribution < -0.4 is 5.32 Å². The molecular formula is C15H17N3O4. The maximum atomic E-state index is 12.4. The molecule has 0 fully saturated rings.